The number of carbonyl (C=O) groups is 1. The molecule has 1 rings (SSSR count). The van der Waals surface area contributed by atoms with Crippen LogP contribution in [0.5, 0.6) is 0 Å². The Morgan fingerprint density at radius 3 is 2.50 bits per heavy atom. The van der Waals surface area contributed by atoms with Crippen LogP contribution in [0.25, 0.3) is 0 Å². The lowest BCUT2D eigenvalue weighted by molar-refractivity contribution is -0.137. The van der Waals surface area contributed by atoms with E-state index in [1.807, 2.05) is 0 Å². The molecule has 0 aromatic heterocycles. The Morgan fingerprint density at radius 2 is 2.00 bits per heavy atom. The van der Waals surface area contributed by atoms with E-state index in [0.717, 1.165) is 18.4 Å². The summed E-state index contributed by atoms with van der Waals surface area (Å²) in [6, 6.07) is 2.37. The average Bonchev–Trinajstić information content (AvgIpc) is 2.42. The van der Waals surface area contributed by atoms with Crippen LogP contribution in [0.4, 0.5) is 23.7 Å². The van der Waals surface area contributed by atoms with Gasteiger partial charge in [-0.15, -0.1) is 0 Å². The van der Waals surface area contributed by atoms with Gasteiger partial charge in [0.25, 0.3) is 0 Å². The van der Waals surface area contributed by atoms with E-state index in [4.69, 9.17) is 11.6 Å². The van der Waals surface area contributed by atoms with E-state index in [2.05, 4.69) is 10.1 Å². The molecule has 1 amide bonds. The standard InChI is InChI=1S/C13H16ClF3N2O4S/c1-3-23-12(20)18-6-7-19(24(2,21)22)11-8-9(13(15,16)17)4-5-10(11)14/h4-5,8H,3,6-7H2,1-2H3,(H,18,20). The number of nitrogens with one attached hydrogen (secondary N) is 1. The molecular formula is C13H16ClF3N2O4S. The molecule has 0 spiro atoms. The quantitative estimate of drug-likeness (QED) is 0.813. The smallest absolute Gasteiger partial charge is 0.416 e. The Bertz CT molecular complexity index is 695. The van der Waals surface area contributed by atoms with Crippen molar-refractivity contribution in [3.63, 3.8) is 0 Å². The molecule has 0 bridgehead atoms. The summed E-state index contributed by atoms with van der Waals surface area (Å²) < 4.78 is 67.5. The maximum absolute atomic E-state index is 12.8. The number of halogens is 4. The van der Waals surface area contributed by atoms with Gasteiger partial charge in [0, 0.05) is 6.54 Å². The first-order chi connectivity index (χ1) is 11.0. The number of carbonyl (C=O) groups excluding carboxylic acids is 1. The van der Waals surface area contributed by atoms with Gasteiger partial charge in [0.15, 0.2) is 0 Å². The van der Waals surface area contributed by atoms with Gasteiger partial charge in [-0.05, 0) is 25.1 Å². The molecule has 11 heteroatoms. The zero-order valence-electron chi connectivity index (χ0n) is 12.9. The molecule has 0 heterocycles. The van der Waals surface area contributed by atoms with Crippen molar-refractivity contribution >= 4 is 33.4 Å². The third-order valence-corrected chi connectivity index (χ3v) is 4.30. The van der Waals surface area contributed by atoms with Crippen LogP contribution in [-0.4, -0.2) is 40.5 Å². The molecule has 1 aromatic carbocycles. The van der Waals surface area contributed by atoms with Crippen molar-refractivity contribution in [1.82, 2.24) is 5.32 Å². The molecule has 0 aliphatic carbocycles. The number of nitrogens with zero attached hydrogens (tertiary/aromatic N) is 1. The molecule has 24 heavy (non-hydrogen) atoms. The predicted octanol–water partition coefficient (Wildman–Crippen LogP) is 2.87. The van der Waals surface area contributed by atoms with Crippen molar-refractivity contribution in [2.75, 3.05) is 30.3 Å². The minimum absolute atomic E-state index is 0.126. The number of ether oxygens (including phenoxy) is 1. The number of alkyl halides is 3. The monoisotopic (exact) mass is 388 g/mol. The summed E-state index contributed by atoms with van der Waals surface area (Å²) in [4.78, 5) is 11.2. The zero-order chi connectivity index (χ0) is 18.5. The molecule has 0 saturated carbocycles. The van der Waals surface area contributed by atoms with E-state index in [-0.39, 0.29) is 30.4 Å². The third-order valence-electron chi connectivity index (χ3n) is 2.80. The molecule has 0 atom stereocenters. The highest BCUT2D eigenvalue weighted by Gasteiger charge is 2.32. The number of benzene rings is 1. The first kappa shape index (κ1) is 20.4. The zero-order valence-corrected chi connectivity index (χ0v) is 14.4. The highest BCUT2D eigenvalue weighted by molar-refractivity contribution is 7.92. The van der Waals surface area contributed by atoms with Gasteiger partial charge in [-0.2, -0.15) is 13.2 Å². The second-order valence-corrected chi connectivity index (χ2v) is 6.96. The number of sulfonamides is 1. The van der Waals surface area contributed by atoms with Crippen LogP contribution in [0.2, 0.25) is 5.02 Å². The Hall–Kier alpha value is -1.68. The van der Waals surface area contributed by atoms with Gasteiger partial charge in [0.05, 0.1) is 35.7 Å². The number of amides is 1. The molecule has 0 fully saturated rings. The van der Waals surface area contributed by atoms with Crippen molar-refractivity contribution < 1.29 is 31.1 Å². The molecule has 136 valence electrons. The predicted molar refractivity (Wildman–Crippen MR) is 83.7 cm³/mol. The minimum atomic E-state index is -4.65. The van der Waals surface area contributed by atoms with E-state index in [1.54, 1.807) is 6.92 Å². The largest absolute Gasteiger partial charge is 0.450 e. The van der Waals surface area contributed by atoms with Crippen LogP contribution in [0.15, 0.2) is 18.2 Å². The molecule has 0 unspecified atom stereocenters. The lowest BCUT2D eigenvalue weighted by Crippen LogP contribution is -2.38. The lowest BCUT2D eigenvalue weighted by Gasteiger charge is -2.24. The minimum Gasteiger partial charge on any atom is -0.450 e. The van der Waals surface area contributed by atoms with E-state index < -0.39 is 27.9 Å². The van der Waals surface area contributed by atoms with Gasteiger partial charge in [0.1, 0.15) is 0 Å². The molecular weight excluding hydrogens is 373 g/mol. The fourth-order valence-corrected chi connectivity index (χ4v) is 2.99. The van der Waals surface area contributed by atoms with Crippen LogP contribution < -0.4 is 9.62 Å². The van der Waals surface area contributed by atoms with Crippen LogP contribution >= 0.6 is 11.6 Å². The normalized spacial score (nSPS) is 11.9. The van der Waals surface area contributed by atoms with E-state index in [1.165, 1.54) is 0 Å². The maximum Gasteiger partial charge on any atom is 0.416 e. The lowest BCUT2D eigenvalue weighted by atomic mass is 10.2. The van der Waals surface area contributed by atoms with Crippen molar-refractivity contribution in [3.8, 4) is 0 Å². The first-order valence-corrected chi connectivity index (χ1v) is 8.94. The fraction of sp³-hybridized carbons (Fsp3) is 0.462. The van der Waals surface area contributed by atoms with Gasteiger partial charge >= 0.3 is 12.3 Å². The van der Waals surface area contributed by atoms with E-state index in [0.29, 0.717) is 10.4 Å². The second kappa shape index (κ2) is 7.93. The number of rotatable bonds is 6. The van der Waals surface area contributed by atoms with Gasteiger partial charge in [-0.1, -0.05) is 11.6 Å². The maximum atomic E-state index is 12.8. The van der Waals surface area contributed by atoms with Gasteiger partial charge < -0.3 is 10.1 Å². The topological polar surface area (TPSA) is 75.7 Å². The molecule has 0 aliphatic heterocycles. The summed E-state index contributed by atoms with van der Waals surface area (Å²) in [6.45, 7) is 1.24. The van der Waals surface area contributed by atoms with Crippen LogP contribution in [0.1, 0.15) is 12.5 Å². The first-order valence-electron chi connectivity index (χ1n) is 6.72. The average molecular weight is 389 g/mol. The molecule has 1 N–H and O–H groups in total. The Kier molecular flexibility index (Phi) is 6.73. The Balaban J connectivity index is 3.08. The van der Waals surface area contributed by atoms with E-state index in [9.17, 15) is 26.4 Å². The van der Waals surface area contributed by atoms with Crippen LogP contribution in [-0.2, 0) is 20.9 Å². The molecule has 0 aliphatic rings. The second-order valence-electron chi connectivity index (χ2n) is 4.65. The number of hydrogen-bond acceptors (Lipinski definition) is 4. The Morgan fingerprint density at radius 1 is 1.38 bits per heavy atom. The molecule has 6 nitrogen and oxygen atoms in total. The number of hydrogen-bond donors (Lipinski definition) is 1. The highest BCUT2D eigenvalue weighted by Crippen LogP contribution is 2.36. The fourth-order valence-electron chi connectivity index (χ4n) is 1.79. The summed E-state index contributed by atoms with van der Waals surface area (Å²) in [5.41, 5.74) is -1.35. The highest BCUT2D eigenvalue weighted by atomic mass is 35.5. The van der Waals surface area contributed by atoms with Crippen LogP contribution in [0.3, 0.4) is 0 Å². The van der Waals surface area contributed by atoms with E-state index >= 15 is 0 Å². The molecule has 0 saturated heterocycles. The summed E-state index contributed by atoms with van der Waals surface area (Å²) in [6.07, 6.45) is -4.58. The van der Waals surface area contributed by atoms with Gasteiger partial charge in [-0.25, -0.2) is 13.2 Å². The van der Waals surface area contributed by atoms with Crippen molar-refractivity contribution in [2.24, 2.45) is 0 Å². The Labute approximate surface area is 142 Å². The molecule has 1 aromatic rings. The van der Waals surface area contributed by atoms with Gasteiger partial charge in [-0.3, -0.25) is 4.31 Å². The summed E-state index contributed by atoms with van der Waals surface area (Å²) >= 11 is 5.85. The molecule has 0 radical (unpaired) electrons. The SMILES string of the molecule is CCOC(=O)NCCN(c1cc(C(F)(F)F)ccc1Cl)S(C)(=O)=O. The summed E-state index contributed by atoms with van der Waals surface area (Å²) in [5.74, 6) is 0. The van der Waals surface area contributed by atoms with Crippen molar-refractivity contribution in [1.29, 1.82) is 0 Å². The summed E-state index contributed by atoms with van der Waals surface area (Å²) in [5, 5.41) is 2.13. The van der Waals surface area contributed by atoms with Crippen LogP contribution in [0, 0.1) is 0 Å². The third kappa shape index (κ3) is 5.75. The number of anilines is 1. The van der Waals surface area contributed by atoms with Gasteiger partial charge in [0.2, 0.25) is 10.0 Å². The van der Waals surface area contributed by atoms with Crippen molar-refractivity contribution in [2.45, 2.75) is 13.1 Å². The summed E-state index contributed by atoms with van der Waals surface area (Å²) in [7, 11) is -3.92. The van der Waals surface area contributed by atoms with Crippen molar-refractivity contribution in [3.05, 3.63) is 28.8 Å². The number of alkyl carbamates (subject to hydrolysis) is 1.